The Morgan fingerprint density at radius 3 is 2.64 bits per heavy atom. The number of sulfone groups is 1. The summed E-state index contributed by atoms with van der Waals surface area (Å²) in [6.45, 7) is 6.10. The van der Waals surface area contributed by atoms with Crippen molar-refractivity contribution < 1.29 is 8.42 Å². The fraction of sp³-hybridized carbons (Fsp3) is 0.409. The number of aromatic nitrogens is 2. The zero-order valence-corrected chi connectivity index (χ0v) is 17.1. The molecule has 0 aliphatic carbocycles. The number of H-pyrrole nitrogens is 1. The molecule has 6 heteroatoms. The lowest BCUT2D eigenvalue weighted by Crippen LogP contribution is -2.29. The van der Waals surface area contributed by atoms with Gasteiger partial charge in [-0.05, 0) is 43.0 Å². The summed E-state index contributed by atoms with van der Waals surface area (Å²) in [4.78, 5) is 11.1. The molecule has 1 aromatic heterocycles. The Morgan fingerprint density at radius 1 is 1.07 bits per heavy atom. The van der Waals surface area contributed by atoms with Crippen LogP contribution in [0.4, 0.5) is 5.69 Å². The molecule has 2 aliphatic heterocycles. The number of hydrogen-bond acceptors (Lipinski definition) is 4. The zero-order chi connectivity index (χ0) is 19.5. The zero-order valence-electron chi connectivity index (χ0n) is 16.3. The Morgan fingerprint density at radius 2 is 1.86 bits per heavy atom. The molecule has 3 aromatic rings. The number of fused-ring (bicyclic) bond motifs is 2. The van der Waals surface area contributed by atoms with Gasteiger partial charge in [0.05, 0.1) is 21.9 Å². The summed E-state index contributed by atoms with van der Waals surface area (Å²) < 4.78 is 25.3. The van der Waals surface area contributed by atoms with Gasteiger partial charge in [0.1, 0.15) is 11.3 Å². The molecule has 1 saturated heterocycles. The second kappa shape index (κ2) is 6.08. The normalized spacial score (nSPS) is 20.4. The van der Waals surface area contributed by atoms with Crippen molar-refractivity contribution in [3.63, 3.8) is 0 Å². The van der Waals surface area contributed by atoms with E-state index in [2.05, 4.69) is 22.0 Å². The molecule has 5 nitrogen and oxygen atoms in total. The molecule has 0 unspecified atom stereocenters. The SMILES string of the molecule is CC1(C)CS(=O)(=O)c2cc(-c3nc4c(N5CCCCC5)cccc4[nH]3)ccc21. The van der Waals surface area contributed by atoms with E-state index < -0.39 is 9.84 Å². The summed E-state index contributed by atoms with van der Waals surface area (Å²) in [6, 6.07) is 12.0. The average molecular weight is 396 g/mol. The smallest absolute Gasteiger partial charge is 0.179 e. The quantitative estimate of drug-likeness (QED) is 0.703. The molecule has 1 fully saturated rings. The number of aromatic amines is 1. The average Bonchev–Trinajstić information content (AvgIpc) is 3.18. The Bertz CT molecular complexity index is 1170. The van der Waals surface area contributed by atoms with Gasteiger partial charge < -0.3 is 9.88 Å². The maximum Gasteiger partial charge on any atom is 0.179 e. The van der Waals surface area contributed by atoms with E-state index in [1.54, 1.807) is 6.07 Å². The molecule has 0 saturated carbocycles. The fourth-order valence-electron chi connectivity index (χ4n) is 4.66. The van der Waals surface area contributed by atoms with Gasteiger partial charge in [0.15, 0.2) is 9.84 Å². The van der Waals surface area contributed by atoms with Crippen molar-refractivity contribution in [3.05, 3.63) is 42.0 Å². The minimum Gasteiger partial charge on any atom is -0.370 e. The van der Waals surface area contributed by atoms with Gasteiger partial charge in [-0.15, -0.1) is 0 Å². The van der Waals surface area contributed by atoms with E-state index in [1.807, 2.05) is 32.0 Å². The molecular weight excluding hydrogens is 370 g/mol. The minimum atomic E-state index is -3.25. The molecule has 3 heterocycles. The molecule has 2 aromatic carbocycles. The van der Waals surface area contributed by atoms with Crippen molar-refractivity contribution in [3.8, 4) is 11.4 Å². The summed E-state index contributed by atoms with van der Waals surface area (Å²) in [6.07, 6.45) is 3.72. The van der Waals surface area contributed by atoms with Gasteiger partial charge >= 0.3 is 0 Å². The second-order valence-electron chi connectivity index (χ2n) is 8.66. The molecule has 0 spiro atoms. The predicted octanol–water partition coefficient (Wildman–Crippen LogP) is 4.29. The summed E-state index contributed by atoms with van der Waals surface area (Å²) in [5.74, 6) is 0.889. The first-order valence-corrected chi connectivity index (χ1v) is 11.6. The van der Waals surface area contributed by atoms with Gasteiger partial charge in [0.25, 0.3) is 0 Å². The Kier molecular flexibility index (Phi) is 3.85. The van der Waals surface area contributed by atoms with Crippen molar-refractivity contribution in [2.24, 2.45) is 0 Å². The minimum absolute atomic E-state index is 0.165. The molecule has 0 amide bonds. The van der Waals surface area contributed by atoms with E-state index in [-0.39, 0.29) is 11.2 Å². The van der Waals surface area contributed by atoms with Crippen LogP contribution < -0.4 is 4.90 Å². The summed E-state index contributed by atoms with van der Waals surface area (Å²) in [5.41, 5.74) is 4.49. The molecule has 1 N–H and O–H groups in total. The third-order valence-electron chi connectivity index (χ3n) is 6.06. The number of nitrogens with one attached hydrogen (secondary N) is 1. The van der Waals surface area contributed by atoms with Crippen LogP contribution in [0.15, 0.2) is 41.3 Å². The van der Waals surface area contributed by atoms with Gasteiger partial charge in [0.2, 0.25) is 0 Å². The highest BCUT2D eigenvalue weighted by molar-refractivity contribution is 7.91. The number of imidazole rings is 1. The second-order valence-corrected chi connectivity index (χ2v) is 10.6. The van der Waals surface area contributed by atoms with Crippen molar-refractivity contribution >= 4 is 26.6 Å². The highest BCUT2D eigenvalue weighted by atomic mass is 32.2. The van der Waals surface area contributed by atoms with Crippen molar-refractivity contribution in [2.75, 3.05) is 23.7 Å². The van der Waals surface area contributed by atoms with Crippen LogP contribution in [0.5, 0.6) is 0 Å². The topological polar surface area (TPSA) is 66.1 Å². The standard InChI is InChI=1S/C22H25N3O2S/c1-22(2)14-28(26,27)19-13-15(9-10-16(19)22)21-23-17-7-6-8-18(20(17)24-21)25-11-4-3-5-12-25/h6-10,13H,3-5,11-12,14H2,1-2H3,(H,23,24). The van der Waals surface area contributed by atoms with Gasteiger partial charge in [-0.2, -0.15) is 0 Å². The highest BCUT2D eigenvalue weighted by Crippen LogP contribution is 2.41. The first-order valence-electron chi connectivity index (χ1n) is 9.97. The largest absolute Gasteiger partial charge is 0.370 e. The van der Waals surface area contributed by atoms with E-state index in [4.69, 9.17) is 4.98 Å². The number of para-hydroxylation sites is 1. The van der Waals surface area contributed by atoms with Gasteiger partial charge in [-0.25, -0.2) is 13.4 Å². The van der Waals surface area contributed by atoms with E-state index in [0.29, 0.717) is 4.90 Å². The molecule has 5 rings (SSSR count). The van der Waals surface area contributed by atoms with E-state index in [1.165, 1.54) is 19.3 Å². The van der Waals surface area contributed by atoms with Crippen LogP contribution in [0, 0.1) is 0 Å². The molecule has 28 heavy (non-hydrogen) atoms. The van der Waals surface area contributed by atoms with Crippen molar-refractivity contribution in [1.82, 2.24) is 9.97 Å². The predicted molar refractivity (Wildman–Crippen MR) is 113 cm³/mol. The van der Waals surface area contributed by atoms with Gasteiger partial charge in [-0.3, -0.25) is 0 Å². The van der Waals surface area contributed by atoms with Gasteiger partial charge in [0, 0.05) is 24.1 Å². The third-order valence-corrected chi connectivity index (χ3v) is 8.17. The van der Waals surface area contributed by atoms with Crippen LogP contribution in [0.3, 0.4) is 0 Å². The van der Waals surface area contributed by atoms with E-state index in [9.17, 15) is 8.42 Å². The van der Waals surface area contributed by atoms with E-state index in [0.717, 1.165) is 46.8 Å². The Balaban J connectivity index is 1.61. The number of nitrogens with zero attached hydrogens (tertiary/aromatic N) is 2. The summed E-state index contributed by atoms with van der Waals surface area (Å²) >= 11 is 0. The molecular formula is C22H25N3O2S. The molecule has 0 radical (unpaired) electrons. The monoisotopic (exact) mass is 395 g/mol. The Labute approximate surface area is 165 Å². The first kappa shape index (κ1) is 17.7. The van der Waals surface area contributed by atoms with Crippen LogP contribution in [0.1, 0.15) is 38.7 Å². The number of piperidine rings is 1. The highest BCUT2D eigenvalue weighted by Gasteiger charge is 2.40. The number of anilines is 1. The van der Waals surface area contributed by atoms with E-state index >= 15 is 0 Å². The lowest BCUT2D eigenvalue weighted by atomic mass is 9.87. The van der Waals surface area contributed by atoms with Crippen molar-refractivity contribution in [2.45, 2.75) is 43.4 Å². The number of hydrogen-bond donors (Lipinski definition) is 1. The van der Waals surface area contributed by atoms with Crippen LogP contribution in [0.2, 0.25) is 0 Å². The maximum atomic E-state index is 12.6. The number of benzene rings is 2. The molecule has 2 aliphatic rings. The lowest BCUT2D eigenvalue weighted by Gasteiger charge is -2.28. The third kappa shape index (κ3) is 2.73. The van der Waals surface area contributed by atoms with Crippen LogP contribution >= 0.6 is 0 Å². The first-order chi connectivity index (χ1) is 13.4. The number of rotatable bonds is 2. The van der Waals surface area contributed by atoms with Crippen LogP contribution in [0.25, 0.3) is 22.4 Å². The fourth-order valence-corrected chi connectivity index (χ4v) is 6.91. The maximum absolute atomic E-state index is 12.6. The van der Waals surface area contributed by atoms with Crippen LogP contribution in [-0.4, -0.2) is 37.2 Å². The summed E-state index contributed by atoms with van der Waals surface area (Å²) in [5, 5.41) is 0. The lowest BCUT2D eigenvalue weighted by molar-refractivity contribution is 0.572. The molecule has 146 valence electrons. The van der Waals surface area contributed by atoms with Crippen molar-refractivity contribution in [1.29, 1.82) is 0 Å². The van der Waals surface area contributed by atoms with Gasteiger partial charge in [-0.1, -0.05) is 32.0 Å². The van der Waals surface area contributed by atoms with Crippen LogP contribution in [-0.2, 0) is 15.3 Å². The summed E-state index contributed by atoms with van der Waals surface area (Å²) in [7, 11) is -3.25. The molecule has 0 atom stereocenters. The molecule has 0 bridgehead atoms. The Hall–Kier alpha value is -2.34.